The molecule has 0 aliphatic carbocycles. The van der Waals surface area contributed by atoms with E-state index in [1.165, 1.54) is 18.7 Å². The number of benzene rings is 1. The molecule has 0 radical (unpaired) electrons. The minimum Gasteiger partial charge on any atom is -0.395 e. The Morgan fingerprint density at radius 3 is 2.58 bits per heavy atom. The van der Waals surface area contributed by atoms with Gasteiger partial charge in [-0.15, -0.1) is 11.8 Å². The van der Waals surface area contributed by atoms with Gasteiger partial charge in [0.25, 0.3) is 0 Å². The van der Waals surface area contributed by atoms with Gasteiger partial charge in [-0.2, -0.15) is 0 Å². The predicted molar refractivity (Wildman–Crippen MR) is 74.9 cm³/mol. The van der Waals surface area contributed by atoms with Gasteiger partial charge in [0, 0.05) is 24.1 Å². The van der Waals surface area contributed by atoms with E-state index in [0.717, 1.165) is 4.90 Å². The highest BCUT2D eigenvalue weighted by Crippen LogP contribution is 2.17. The predicted octanol–water partition coefficient (Wildman–Crippen LogP) is 0.392. The van der Waals surface area contributed by atoms with Gasteiger partial charge in [0.05, 0.1) is 6.61 Å². The fraction of sp³-hybridized carbons (Fsp3) is 0.385. The second-order valence-corrected chi connectivity index (χ2v) is 4.99. The van der Waals surface area contributed by atoms with Gasteiger partial charge in [-0.05, 0) is 12.1 Å². The van der Waals surface area contributed by atoms with Gasteiger partial charge in [0.15, 0.2) is 0 Å². The zero-order chi connectivity index (χ0) is 14.1. The highest BCUT2D eigenvalue weighted by atomic mass is 32.2. The highest BCUT2D eigenvalue weighted by Gasteiger charge is 2.19. The minimum absolute atomic E-state index is 0.121. The number of carbonyl (C=O) groups excluding carboxylic acids is 2. The Labute approximate surface area is 116 Å². The summed E-state index contributed by atoms with van der Waals surface area (Å²) in [6.45, 7) is 1.44. The summed E-state index contributed by atoms with van der Waals surface area (Å²) in [5.74, 6) is -0.0913. The fourth-order valence-corrected chi connectivity index (χ4v) is 2.37. The monoisotopic (exact) mass is 282 g/mol. The van der Waals surface area contributed by atoms with Gasteiger partial charge >= 0.3 is 0 Å². The number of carbonyl (C=O) groups is 2. The van der Waals surface area contributed by atoms with Crippen molar-refractivity contribution in [3.63, 3.8) is 0 Å². The van der Waals surface area contributed by atoms with Crippen LogP contribution in [0, 0.1) is 0 Å². The van der Waals surface area contributed by atoms with Crippen molar-refractivity contribution in [1.82, 2.24) is 10.6 Å². The number of nitrogens with one attached hydrogen (secondary N) is 2. The molecule has 0 saturated heterocycles. The topological polar surface area (TPSA) is 78.4 Å². The van der Waals surface area contributed by atoms with E-state index < -0.39 is 6.04 Å². The Kier molecular flexibility index (Phi) is 6.99. The first-order valence-electron chi connectivity index (χ1n) is 5.97. The van der Waals surface area contributed by atoms with Crippen LogP contribution in [-0.4, -0.2) is 41.9 Å². The molecule has 1 aromatic rings. The summed E-state index contributed by atoms with van der Waals surface area (Å²) in [4.78, 5) is 23.9. The van der Waals surface area contributed by atoms with Crippen LogP contribution in [0.5, 0.6) is 0 Å². The van der Waals surface area contributed by atoms with E-state index in [4.69, 9.17) is 5.11 Å². The molecule has 6 heteroatoms. The van der Waals surface area contributed by atoms with Crippen LogP contribution in [0.25, 0.3) is 0 Å². The SMILES string of the molecule is CC(=O)NC(CSc1ccccc1)C(=O)NCCO. The normalized spacial score (nSPS) is 11.7. The Hall–Kier alpha value is -1.53. The maximum Gasteiger partial charge on any atom is 0.243 e. The van der Waals surface area contributed by atoms with E-state index >= 15 is 0 Å². The van der Waals surface area contributed by atoms with Crippen molar-refractivity contribution >= 4 is 23.6 Å². The molecule has 19 heavy (non-hydrogen) atoms. The number of thioether (sulfide) groups is 1. The van der Waals surface area contributed by atoms with Gasteiger partial charge in [-0.25, -0.2) is 0 Å². The molecule has 0 aromatic heterocycles. The maximum atomic E-state index is 11.8. The van der Waals surface area contributed by atoms with Crippen LogP contribution >= 0.6 is 11.8 Å². The Balaban J connectivity index is 2.54. The first kappa shape index (κ1) is 15.5. The van der Waals surface area contributed by atoms with Gasteiger partial charge in [0.1, 0.15) is 6.04 Å². The summed E-state index contributed by atoms with van der Waals surface area (Å²) >= 11 is 1.49. The second-order valence-electron chi connectivity index (χ2n) is 3.89. The molecule has 0 saturated carbocycles. The van der Waals surface area contributed by atoms with Crippen LogP contribution in [0.3, 0.4) is 0 Å². The molecule has 0 bridgehead atoms. The third-order valence-corrected chi connectivity index (χ3v) is 3.37. The number of amides is 2. The van der Waals surface area contributed by atoms with Crippen molar-refractivity contribution in [3.05, 3.63) is 30.3 Å². The lowest BCUT2D eigenvalue weighted by Gasteiger charge is -2.17. The third-order valence-electron chi connectivity index (χ3n) is 2.26. The van der Waals surface area contributed by atoms with E-state index in [9.17, 15) is 9.59 Å². The zero-order valence-corrected chi connectivity index (χ0v) is 11.6. The van der Waals surface area contributed by atoms with Crippen LogP contribution in [0.1, 0.15) is 6.92 Å². The first-order chi connectivity index (χ1) is 9.13. The highest BCUT2D eigenvalue weighted by molar-refractivity contribution is 7.99. The molecule has 0 aliphatic rings. The second kappa shape index (κ2) is 8.55. The molecular formula is C13H18N2O3S. The van der Waals surface area contributed by atoms with E-state index in [1.807, 2.05) is 30.3 Å². The molecule has 5 nitrogen and oxygen atoms in total. The van der Waals surface area contributed by atoms with E-state index in [1.54, 1.807) is 0 Å². The Morgan fingerprint density at radius 2 is 2.00 bits per heavy atom. The molecule has 1 rings (SSSR count). The molecule has 104 valence electrons. The van der Waals surface area contributed by atoms with E-state index in [-0.39, 0.29) is 25.0 Å². The van der Waals surface area contributed by atoms with E-state index in [2.05, 4.69) is 10.6 Å². The van der Waals surface area contributed by atoms with Gasteiger partial charge < -0.3 is 15.7 Å². The quantitative estimate of drug-likeness (QED) is 0.632. The summed E-state index contributed by atoms with van der Waals surface area (Å²) < 4.78 is 0. The number of hydrogen-bond donors (Lipinski definition) is 3. The average molecular weight is 282 g/mol. The van der Waals surface area contributed by atoms with Gasteiger partial charge in [-0.1, -0.05) is 18.2 Å². The number of aliphatic hydroxyl groups is 1. The smallest absolute Gasteiger partial charge is 0.243 e. The molecule has 0 spiro atoms. The van der Waals surface area contributed by atoms with Gasteiger partial charge in [-0.3, -0.25) is 9.59 Å². The average Bonchev–Trinajstić information content (AvgIpc) is 2.41. The molecule has 0 fully saturated rings. The molecular weight excluding hydrogens is 264 g/mol. The number of hydrogen-bond acceptors (Lipinski definition) is 4. The van der Waals surface area contributed by atoms with Crippen molar-refractivity contribution in [1.29, 1.82) is 0 Å². The lowest BCUT2D eigenvalue weighted by atomic mass is 10.3. The van der Waals surface area contributed by atoms with Crippen LogP contribution in [-0.2, 0) is 9.59 Å². The van der Waals surface area contributed by atoms with Crippen LogP contribution in [0.2, 0.25) is 0 Å². The number of aliphatic hydroxyl groups excluding tert-OH is 1. The lowest BCUT2D eigenvalue weighted by Crippen LogP contribution is -2.48. The molecule has 3 N–H and O–H groups in total. The maximum absolute atomic E-state index is 11.8. The van der Waals surface area contributed by atoms with Crippen LogP contribution in [0.15, 0.2) is 35.2 Å². The fourth-order valence-electron chi connectivity index (χ4n) is 1.43. The zero-order valence-electron chi connectivity index (χ0n) is 10.8. The van der Waals surface area contributed by atoms with Crippen molar-refractivity contribution in [2.75, 3.05) is 18.9 Å². The van der Waals surface area contributed by atoms with Crippen molar-refractivity contribution < 1.29 is 14.7 Å². The molecule has 0 heterocycles. The molecule has 0 aliphatic heterocycles. The molecule has 1 aromatic carbocycles. The van der Waals surface area contributed by atoms with Crippen LogP contribution < -0.4 is 10.6 Å². The minimum atomic E-state index is -0.603. The summed E-state index contributed by atoms with van der Waals surface area (Å²) in [5, 5.41) is 13.8. The molecule has 1 unspecified atom stereocenters. The van der Waals surface area contributed by atoms with Crippen LogP contribution in [0.4, 0.5) is 0 Å². The van der Waals surface area contributed by atoms with Crippen molar-refractivity contribution in [2.45, 2.75) is 17.9 Å². The summed E-state index contributed by atoms with van der Waals surface area (Å²) in [5.41, 5.74) is 0. The molecule has 2 amide bonds. The summed E-state index contributed by atoms with van der Waals surface area (Å²) in [6.07, 6.45) is 0. The summed E-state index contributed by atoms with van der Waals surface area (Å²) in [7, 11) is 0. The lowest BCUT2D eigenvalue weighted by molar-refractivity contribution is -0.127. The Bertz CT molecular complexity index is 412. The third kappa shape index (κ3) is 6.26. The van der Waals surface area contributed by atoms with E-state index in [0.29, 0.717) is 5.75 Å². The first-order valence-corrected chi connectivity index (χ1v) is 6.95. The van der Waals surface area contributed by atoms with Gasteiger partial charge in [0.2, 0.25) is 11.8 Å². The Morgan fingerprint density at radius 1 is 1.32 bits per heavy atom. The van der Waals surface area contributed by atoms with Crippen molar-refractivity contribution in [2.24, 2.45) is 0 Å². The standard InChI is InChI=1S/C13H18N2O3S/c1-10(17)15-12(13(18)14-7-8-16)9-19-11-5-3-2-4-6-11/h2-6,12,16H,7-9H2,1H3,(H,14,18)(H,15,17). The number of rotatable bonds is 7. The largest absolute Gasteiger partial charge is 0.395 e. The summed E-state index contributed by atoms with van der Waals surface area (Å²) in [6, 6.07) is 9.04. The molecule has 1 atom stereocenters. The van der Waals surface area contributed by atoms with Crippen molar-refractivity contribution in [3.8, 4) is 0 Å².